The molecule has 0 aliphatic rings. The molecule has 0 radical (unpaired) electrons. The molecular weight excluding hydrogens is 322 g/mol. The van der Waals surface area contributed by atoms with Gasteiger partial charge in [0.1, 0.15) is 4.90 Å². The Labute approximate surface area is 112 Å². The van der Waals surface area contributed by atoms with Gasteiger partial charge in [-0.05, 0) is 28.1 Å². The first-order chi connectivity index (χ1) is 8.53. The van der Waals surface area contributed by atoms with Crippen molar-refractivity contribution in [3.05, 3.63) is 40.9 Å². The lowest BCUT2D eigenvalue weighted by molar-refractivity contribution is 0.277. The lowest BCUT2D eigenvalue weighted by Crippen LogP contribution is -2.12. The third-order valence-corrected chi connectivity index (χ3v) is 4.19. The van der Waals surface area contributed by atoms with Crippen LogP contribution in [0.4, 0.5) is 5.69 Å². The van der Waals surface area contributed by atoms with Gasteiger partial charge >= 0.3 is 0 Å². The molecule has 0 bridgehead atoms. The fourth-order valence-electron chi connectivity index (χ4n) is 1.33. The molecule has 0 amide bonds. The monoisotopic (exact) mass is 331 g/mol. The second-order valence-corrected chi connectivity index (χ2v) is 6.02. The first kappa shape index (κ1) is 13.1. The van der Waals surface area contributed by atoms with Crippen LogP contribution in [0.15, 0.2) is 40.1 Å². The van der Waals surface area contributed by atoms with Crippen molar-refractivity contribution in [2.24, 2.45) is 0 Å². The predicted molar refractivity (Wildman–Crippen MR) is 69.5 cm³/mol. The van der Waals surface area contributed by atoms with Crippen molar-refractivity contribution in [1.29, 1.82) is 0 Å². The number of aromatic nitrogens is 2. The van der Waals surface area contributed by atoms with Crippen LogP contribution in [-0.2, 0) is 16.6 Å². The summed E-state index contributed by atoms with van der Waals surface area (Å²) in [6.45, 7) is -0.242. The van der Waals surface area contributed by atoms with E-state index in [4.69, 9.17) is 5.11 Å². The van der Waals surface area contributed by atoms with E-state index in [1.807, 2.05) is 0 Å². The van der Waals surface area contributed by atoms with Crippen molar-refractivity contribution in [2.75, 3.05) is 4.72 Å². The Morgan fingerprint density at radius 3 is 2.89 bits per heavy atom. The standard InChI is InChI=1S/C10H10BrN3O3S/c11-9-5-12-2-1-10(9)14-18(16,17)8-3-7(6-15)13-4-8/h1-5,13,15H,6H2,(H,12,14). The number of H-pyrrole nitrogens is 1. The van der Waals surface area contributed by atoms with Crippen molar-refractivity contribution in [3.63, 3.8) is 0 Å². The van der Waals surface area contributed by atoms with Crippen molar-refractivity contribution < 1.29 is 13.5 Å². The minimum absolute atomic E-state index is 0.0651. The zero-order valence-electron chi connectivity index (χ0n) is 9.09. The Kier molecular flexibility index (Phi) is 3.69. The van der Waals surface area contributed by atoms with Gasteiger partial charge < -0.3 is 10.1 Å². The van der Waals surface area contributed by atoms with Gasteiger partial charge in [0.05, 0.1) is 16.8 Å². The van der Waals surface area contributed by atoms with E-state index in [1.54, 1.807) is 6.07 Å². The topological polar surface area (TPSA) is 95.1 Å². The molecule has 0 aliphatic carbocycles. The van der Waals surface area contributed by atoms with Crippen molar-refractivity contribution >= 4 is 31.6 Å². The van der Waals surface area contributed by atoms with Crippen LogP contribution in [-0.4, -0.2) is 23.5 Å². The van der Waals surface area contributed by atoms with Crippen LogP contribution in [0, 0.1) is 0 Å². The van der Waals surface area contributed by atoms with Gasteiger partial charge in [0.25, 0.3) is 10.0 Å². The van der Waals surface area contributed by atoms with Crippen LogP contribution in [0.1, 0.15) is 5.69 Å². The predicted octanol–water partition coefficient (Wildman–Crippen LogP) is 1.47. The first-order valence-corrected chi connectivity index (χ1v) is 7.21. The number of nitrogens with one attached hydrogen (secondary N) is 2. The molecule has 0 spiro atoms. The third kappa shape index (κ3) is 2.71. The average Bonchev–Trinajstić information content (AvgIpc) is 2.81. The molecule has 0 atom stereocenters. The van der Waals surface area contributed by atoms with Gasteiger partial charge in [0.2, 0.25) is 0 Å². The molecule has 2 rings (SSSR count). The Morgan fingerprint density at radius 2 is 2.28 bits per heavy atom. The molecule has 8 heteroatoms. The van der Waals surface area contributed by atoms with E-state index in [2.05, 4.69) is 30.6 Å². The minimum atomic E-state index is -3.68. The van der Waals surface area contributed by atoms with Crippen LogP contribution < -0.4 is 4.72 Å². The molecule has 0 fully saturated rings. The molecular formula is C10H10BrN3O3S. The Hall–Kier alpha value is -1.38. The number of anilines is 1. The number of aromatic amines is 1. The van der Waals surface area contributed by atoms with Gasteiger partial charge in [-0.15, -0.1) is 0 Å². The fraction of sp³-hybridized carbons (Fsp3) is 0.100. The summed E-state index contributed by atoms with van der Waals surface area (Å²) in [4.78, 5) is 6.58. The number of halogens is 1. The maximum atomic E-state index is 12.0. The molecule has 0 saturated heterocycles. The summed E-state index contributed by atoms with van der Waals surface area (Å²) in [6, 6.07) is 2.92. The van der Waals surface area contributed by atoms with E-state index < -0.39 is 10.0 Å². The van der Waals surface area contributed by atoms with Gasteiger partial charge in [-0.3, -0.25) is 9.71 Å². The van der Waals surface area contributed by atoms with Gasteiger partial charge in [-0.1, -0.05) is 0 Å². The van der Waals surface area contributed by atoms with E-state index in [9.17, 15) is 8.42 Å². The number of sulfonamides is 1. The molecule has 96 valence electrons. The highest BCUT2D eigenvalue weighted by Gasteiger charge is 2.17. The summed E-state index contributed by atoms with van der Waals surface area (Å²) < 4.78 is 27.0. The van der Waals surface area contributed by atoms with Crippen LogP contribution in [0.2, 0.25) is 0 Å². The molecule has 0 saturated carbocycles. The van der Waals surface area contributed by atoms with E-state index in [-0.39, 0.29) is 11.5 Å². The Morgan fingerprint density at radius 1 is 1.50 bits per heavy atom. The summed E-state index contributed by atoms with van der Waals surface area (Å²) in [5, 5.41) is 8.89. The van der Waals surface area contributed by atoms with Gasteiger partial charge in [0.15, 0.2) is 0 Å². The normalized spacial score (nSPS) is 11.4. The lowest BCUT2D eigenvalue weighted by atomic mass is 10.4. The molecule has 3 N–H and O–H groups in total. The second-order valence-electron chi connectivity index (χ2n) is 3.48. The zero-order valence-corrected chi connectivity index (χ0v) is 11.5. The molecule has 0 aromatic carbocycles. The number of hydrogen-bond donors (Lipinski definition) is 3. The quantitative estimate of drug-likeness (QED) is 0.790. The molecule has 2 aromatic rings. The smallest absolute Gasteiger partial charge is 0.263 e. The highest BCUT2D eigenvalue weighted by molar-refractivity contribution is 9.10. The van der Waals surface area contributed by atoms with E-state index >= 15 is 0 Å². The highest BCUT2D eigenvalue weighted by atomic mass is 79.9. The summed E-state index contributed by atoms with van der Waals surface area (Å²) >= 11 is 3.20. The van der Waals surface area contributed by atoms with E-state index in [0.29, 0.717) is 15.9 Å². The summed E-state index contributed by atoms with van der Waals surface area (Å²) in [5.41, 5.74) is 0.834. The number of pyridine rings is 1. The highest BCUT2D eigenvalue weighted by Crippen LogP contribution is 2.23. The maximum absolute atomic E-state index is 12.0. The molecule has 2 aromatic heterocycles. The summed E-state index contributed by atoms with van der Waals surface area (Å²) in [5.74, 6) is 0. The van der Waals surface area contributed by atoms with Crippen LogP contribution >= 0.6 is 15.9 Å². The van der Waals surface area contributed by atoms with Gasteiger partial charge in [0, 0.05) is 24.3 Å². The number of aliphatic hydroxyl groups is 1. The minimum Gasteiger partial charge on any atom is -0.390 e. The van der Waals surface area contributed by atoms with Gasteiger partial charge in [-0.25, -0.2) is 8.42 Å². The molecule has 0 unspecified atom stereocenters. The van der Waals surface area contributed by atoms with Crippen LogP contribution in [0.3, 0.4) is 0 Å². The average molecular weight is 332 g/mol. The SMILES string of the molecule is O=S(=O)(Nc1ccncc1Br)c1c[nH]c(CO)c1. The van der Waals surface area contributed by atoms with Gasteiger partial charge in [-0.2, -0.15) is 0 Å². The van der Waals surface area contributed by atoms with Crippen molar-refractivity contribution in [2.45, 2.75) is 11.5 Å². The molecule has 18 heavy (non-hydrogen) atoms. The summed E-state index contributed by atoms with van der Waals surface area (Å²) in [7, 11) is -3.68. The van der Waals surface area contributed by atoms with Crippen LogP contribution in [0.5, 0.6) is 0 Å². The Balaban J connectivity index is 2.30. The fourth-order valence-corrected chi connectivity index (χ4v) is 2.90. The maximum Gasteiger partial charge on any atom is 0.263 e. The molecule has 6 nitrogen and oxygen atoms in total. The van der Waals surface area contributed by atoms with E-state index in [1.165, 1.54) is 24.7 Å². The zero-order chi connectivity index (χ0) is 13.2. The number of rotatable bonds is 4. The number of aliphatic hydroxyl groups excluding tert-OH is 1. The van der Waals surface area contributed by atoms with Crippen molar-refractivity contribution in [3.8, 4) is 0 Å². The third-order valence-electron chi connectivity index (χ3n) is 2.21. The number of nitrogens with zero attached hydrogens (tertiary/aromatic N) is 1. The lowest BCUT2D eigenvalue weighted by Gasteiger charge is -2.07. The van der Waals surface area contributed by atoms with Crippen molar-refractivity contribution in [1.82, 2.24) is 9.97 Å². The second kappa shape index (κ2) is 5.09. The summed E-state index contributed by atoms with van der Waals surface area (Å²) in [6.07, 6.45) is 4.30. The number of hydrogen-bond acceptors (Lipinski definition) is 4. The molecule has 2 heterocycles. The molecule has 0 aliphatic heterocycles. The van der Waals surface area contributed by atoms with E-state index in [0.717, 1.165) is 0 Å². The first-order valence-electron chi connectivity index (χ1n) is 4.93. The largest absolute Gasteiger partial charge is 0.390 e. The van der Waals surface area contributed by atoms with Crippen LogP contribution in [0.25, 0.3) is 0 Å². The Bertz CT molecular complexity index is 654.